The second-order valence-electron chi connectivity index (χ2n) is 9.96. The molecule has 1 aromatic carbocycles. The van der Waals surface area contributed by atoms with Gasteiger partial charge in [-0.05, 0) is 24.1 Å². The molecule has 1 fully saturated rings. The van der Waals surface area contributed by atoms with Crippen LogP contribution in [-0.2, 0) is 19.1 Å². The van der Waals surface area contributed by atoms with Gasteiger partial charge in [0.1, 0.15) is 18.5 Å². The molecule has 9 nitrogen and oxygen atoms in total. The van der Waals surface area contributed by atoms with E-state index in [0.29, 0.717) is 32.5 Å². The molecule has 1 aliphatic rings. The van der Waals surface area contributed by atoms with E-state index in [1.807, 2.05) is 0 Å². The lowest BCUT2D eigenvalue weighted by Gasteiger charge is -2.51. The van der Waals surface area contributed by atoms with E-state index >= 15 is 0 Å². The minimum atomic E-state index is -4.60. The fourth-order valence-corrected chi connectivity index (χ4v) is 5.55. The molecule has 4 aromatic rings. The summed E-state index contributed by atoms with van der Waals surface area (Å²) in [7, 11) is 1.67. The Balaban J connectivity index is 1.69. The number of nitrogens with zero attached hydrogens (tertiary/aromatic N) is 4. The SMILES string of the molecule is Cn1c(-c2ccc(C3(NC(=O)O)CC(C)(O)C3)cc2)c(-c2cccnc2)c2c(=O)n(CC(F)(F)F)cnc21. The second kappa shape index (κ2) is 8.69. The molecule has 198 valence electrons. The molecule has 1 saturated carbocycles. The number of carbonyl (C=O) groups is 1. The van der Waals surface area contributed by atoms with Crippen molar-refractivity contribution >= 4 is 17.1 Å². The van der Waals surface area contributed by atoms with Gasteiger partial charge in [-0.2, -0.15) is 13.2 Å². The number of pyridine rings is 1. The molecule has 0 unspecified atom stereocenters. The van der Waals surface area contributed by atoms with Gasteiger partial charge in [0.25, 0.3) is 5.56 Å². The van der Waals surface area contributed by atoms with Crippen LogP contribution in [0.15, 0.2) is 59.9 Å². The lowest BCUT2D eigenvalue weighted by atomic mass is 9.62. The third-order valence-corrected chi connectivity index (χ3v) is 6.88. The van der Waals surface area contributed by atoms with Crippen molar-refractivity contribution in [3.8, 4) is 22.4 Å². The Morgan fingerprint density at radius 3 is 2.39 bits per heavy atom. The molecule has 38 heavy (non-hydrogen) atoms. The minimum Gasteiger partial charge on any atom is -0.465 e. The fourth-order valence-electron chi connectivity index (χ4n) is 5.55. The number of aryl methyl sites for hydroxylation is 1. The first-order chi connectivity index (χ1) is 17.8. The maximum Gasteiger partial charge on any atom is 0.406 e. The Labute approximate surface area is 214 Å². The number of aliphatic hydroxyl groups is 1. The van der Waals surface area contributed by atoms with Crippen LogP contribution in [0, 0.1) is 0 Å². The summed E-state index contributed by atoms with van der Waals surface area (Å²) in [6, 6.07) is 10.3. The van der Waals surface area contributed by atoms with E-state index in [2.05, 4.69) is 15.3 Å². The van der Waals surface area contributed by atoms with Crippen molar-refractivity contribution in [1.29, 1.82) is 0 Å². The summed E-state index contributed by atoms with van der Waals surface area (Å²) < 4.78 is 41.6. The molecule has 1 amide bonds. The number of hydrogen-bond acceptors (Lipinski definition) is 5. The van der Waals surface area contributed by atoms with Crippen molar-refractivity contribution in [1.82, 2.24) is 24.4 Å². The van der Waals surface area contributed by atoms with Gasteiger partial charge >= 0.3 is 12.3 Å². The molecule has 0 aliphatic heterocycles. The molecule has 12 heteroatoms. The van der Waals surface area contributed by atoms with Crippen LogP contribution in [0.1, 0.15) is 25.3 Å². The highest BCUT2D eigenvalue weighted by Crippen LogP contribution is 2.48. The Hall–Kier alpha value is -4.19. The summed E-state index contributed by atoms with van der Waals surface area (Å²) in [5.41, 5.74) is 0.167. The first-order valence-corrected chi connectivity index (χ1v) is 11.7. The molecule has 0 spiro atoms. The zero-order valence-electron chi connectivity index (χ0n) is 20.5. The Bertz CT molecular complexity index is 1580. The molecule has 1 aliphatic carbocycles. The van der Waals surface area contributed by atoms with Crippen molar-refractivity contribution in [2.45, 2.75) is 43.6 Å². The number of halogens is 3. The van der Waals surface area contributed by atoms with Crippen LogP contribution < -0.4 is 10.9 Å². The van der Waals surface area contributed by atoms with E-state index < -0.39 is 35.5 Å². The molecule has 0 atom stereocenters. The van der Waals surface area contributed by atoms with E-state index in [9.17, 15) is 33.0 Å². The minimum absolute atomic E-state index is 0.0328. The average Bonchev–Trinajstić information content (AvgIpc) is 3.12. The molecular formula is C26H24F3N5O4. The highest BCUT2D eigenvalue weighted by molar-refractivity contribution is 6.02. The number of aromatic nitrogens is 4. The van der Waals surface area contributed by atoms with E-state index in [4.69, 9.17) is 0 Å². The van der Waals surface area contributed by atoms with Crippen molar-refractivity contribution in [3.05, 3.63) is 71.0 Å². The Kier molecular flexibility index (Phi) is 5.82. The monoisotopic (exact) mass is 527 g/mol. The molecule has 0 saturated heterocycles. The van der Waals surface area contributed by atoms with Crippen LogP contribution in [0.3, 0.4) is 0 Å². The second-order valence-corrected chi connectivity index (χ2v) is 9.96. The van der Waals surface area contributed by atoms with E-state index in [1.54, 1.807) is 61.1 Å². The van der Waals surface area contributed by atoms with Gasteiger partial charge in [0.15, 0.2) is 0 Å². The smallest absolute Gasteiger partial charge is 0.406 e. The number of carboxylic acid groups (broad SMARTS) is 1. The van der Waals surface area contributed by atoms with Crippen molar-refractivity contribution in [3.63, 3.8) is 0 Å². The molecule has 3 N–H and O–H groups in total. The van der Waals surface area contributed by atoms with Crippen LogP contribution in [0.25, 0.3) is 33.4 Å². The summed E-state index contributed by atoms with van der Waals surface area (Å²) in [6.45, 7) is 0.167. The number of hydrogen-bond donors (Lipinski definition) is 3. The summed E-state index contributed by atoms with van der Waals surface area (Å²) in [4.78, 5) is 33.1. The summed E-state index contributed by atoms with van der Waals surface area (Å²) in [5.74, 6) is 0. The number of benzene rings is 1. The van der Waals surface area contributed by atoms with Crippen LogP contribution in [0.4, 0.5) is 18.0 Å². The van der Waals surface area contributed by atoms with Gasteiger partial charge in [-0.3, -0.25) is 14.3 Å². The van der Waals surface area contributed by atoms with E-state index in [-0.39, 0.29) is 23.9 Å². The summed E-state index contributed by atoms with van der Waals surface area (Å²) >= 11 is 0. The predicted octanol–water partition coefficient (Wildman–Crippen LogP) is 4.03. The van der Waals surface area contributed by atoms with E-state index in [0.717, 1.165) is 6.33 Å². The summed E-state index contributed by atoms with van der Waals surface area (Å²) in [6.07, 6.45) is -1.46. The lowest BCUT2D eigenvalue weighted by Crippen LogP contribution is -2.61. The highest BCUT2D eigenvalue weighted by atomic mass is 19.4. The average molecular weight is 528 g/mol. The molecular weight excluding hydrogens is 503 g/mol. The largest absolute Gasteiger partial charge is 0.465 e. The Morgan fingerprint density at radius 2 is 1.84 bits per heavy atom. The van der Waals surface area contributed by atoms with Gasteiger partial charge in [-0.25, -0.2) is 9.78 Å². The fraction of sp³-hybridized carbons (Fsp3) is 0.308. The van der Waals surface area contributed by atoms with Crippen LogP contribution in [-0.4, -0.2) is 47.2 Å². The maximum atomic E-state index is 13.3. The number of rotatable bonds is 5. The quantitative estimate of drug-likeness (QED) is 0.360. The van der Waals surface area contributed by atoms with Gasteiger partial charge < -0.3 is 20.1 Å². The van der Waals surface area contributed by atoms with Crippen LogP contribution in [0.5, 0.6) is 0 Å². The molecule has 3 heterocycles. The number of nitrogens with one attached hydrogen (secondary N) is 1. The number of alkyl halides is 3. The van der Waals surface area contributed by atoms with E-state index in [1.165, 1.54) is 6.20 Å². The van der Waals surface area contributed by atoms with Crippen molar-refractivity contribution in [2.24, 2.45) is 7.05 Å². The van der Waals surface area contributed by atoms with Gasteiger partial charge in [-0.1, -0.05) is 30.3 Å². The standard InChI is InChI=1S/C26H24F3N5O4/c1-24(38)11-25(12-24,32-23(36)37)17-7-5-15(6-8-17)20-18(16-4-3-9-30-10-16)19-21(33(20)2)31-14-34(22(19)35)13-26(27,28)29/h3-10,14,32,38H,11-13H2,1-2H3,(H,36,37). The first kappa shape index (κ1) is 25.5. The van der Waals surface area contributed by atoms with Gasteiger partial charge in [-0.15, -0.1) is 0 Å². The third kappa shape index (κ3) is 4.40. The third-order valence-electron chi connectivity index (χ3n) is 6.88. The van der Waals surface area contributed by atoms with Gasteiger partial charge in [0.2, 0.25) is 0 Å². The normalized spacial score (nSPS) is 21.3. The first-order valence-electron chi connectivity index (χ1n) is 11.7. The van der Waals surface area contributed by atoms with Gasteiger partial charge in [0, 0.05) is 43.4 Å². The Morgan fingerprint density at radius 1 is 1.16 bits per heavy atom. The number of amides is 1. The lowest BCUT2D eigenvalue weighted by molar-refractivity contribution is -0.141. The van der Waals surface area contributed by atoms with Crippen molar-refractivity contribution < 1.29 is 28.2 Å². The molecule has 5 rings (SSSR count). The zero-order chi connectivity index (χ0) is 27.5. The summed E-state index contributed by atoms with van der Waals surface area (Å²) in [5, 5.41) is 22.2. The molecule has 0 radical (unpaired) electrons. The maximum absolute atomic E-state index is 13.3. The van der Waals surface area contributed by atoms with Crippen LogP contribution in [0.2, 0.25) is 0 Å². The number of fused-ring (bicyclic) bond motifs is 1. The van der Waals surface area contributed by atoms with Crippen molar-refractivity contribution in [2.75, 3.05) is 0 Å². The predicted molar refractivity (Wildman–Crippen MR) is 132 cm³/mol. The zero-order valence-corrected chi connectivity index (χ0v) is 20.5. The topological polar surface area (TPSA) is 122 Å². The van der Waals surface area contributed by atoms with Gasteiger partial charge in [0.05, 0.1) is 22.2 Å². The molecule has 3 aromatic heterocycles. The molecule has 0 bridgehead atoms. The van der Waals surface area contributed by atoms with Crippen LogP contribution >= 0.6 is 0 Å². The highest BCUT2D eigenvalue weighted by Gasteiger charge is 2.53.